The average Bonchev–Trinajstić information content (AvgIpc) is 3.13. The number of para-hydroxylation sites is 2. The van der Waals surface area contributed by atoms with E-state index in [0.717, 1.165) is 0 Å². The fraction of sp³-hybridized carbons (Fsp3) is 0.0667. The zero-order chi connectivity index (χ0) is 16.7. The molecule has 4 aromatic rings. The van der Waals surface area contributed by atoms with Gasteiger partial charge in [-0.1, -0.05) is 12.1 Å². The number of fused-ring (bicyclic) bond motifs is 2. The lowest BCUT2D eigenvalue weighted by Gasteiger charge is -2.04. The van der Waals surface area contributed by atoms with E-state index in [1.54, 1.807) is 12.1 Å². The van der Waals surface area contributed by atoms with Gasteiger partial charge in [-0.15, -0.1) is 0 Å². The quantitative estimate of drug-likeness (QED) is 0.518. The summed E-state index contributed by atoms with van der Waals surface area (Å²) in [5, 5.41) is 0. The van der Waals surface area contributed by atoms with Gasteiger partial charge in [-0.25, -0.2) is 22.9 Å². The van der Waals surface area contributed by atoms with Crippen molar-refractivity contribution in [3.63, 3.8) is 0 Å². The van der Waals surface area contributed by atoms with E-state index in [4.69, 9.17) is 4.42 Å². The number of aromatic nitrogens is 3. The molecule has 0 aliphatic rings. The van der Waals surface area contributed by atoms with Crippen LogP contribution in [0.3, 0.4) is 0 Å². The lowest BCUT2D eigenvalue weighted by Crippen LogP contribution is -2.23. The molecule has 24 heavy (non-hydrogen) atoms. The lowest BCUT2D eigenvalue weighted by atomic mass is 10.3. The van der Waals surface area contributed by atoms with Crippen molar-refractivity contribution in [3.05, 3.63) is 58.8 Å². The first-order valence-electron chi connectivity index (χ1n) is 7.07. The van der Waals surface area contributed by atoms with Crippen LogP contribution in [0.25, 0.3) is 22.1 Å². The Morgan fingerprint density at radius 3 is 2.71 bits per heavy atom. The summed E-state index contributed by atoms with van der Waals surface area (Å²) in [6.45, 7) is -0.0707. The Morgan fingerprint density at radius 1 is 1.08 bits per heavy atom. The van der Waals surface area contributed by atoms with Gasteiger partial charge in [-0.05, 0) is 30.3 Å². The standard InChI is InChI=1S/C15H12N4O4S/c20-15-18-10-6-5-9(7-12(10)19-15)24(21,22)16-8-14-17-11-3-1-2-4-13(11)23-14/h1-7,16H,8H2,(H2,18,19,20). The third-order valence-electron chi connectivity index (χ3n) is 3.55. The second-order valence-electron chi connectivity index (χ2n) is 5.19. The molecule has 0 fully saturated rings. The summed E-state index contributed by atoms with van der Waals surface area (Å²) in [5.41, 5.74) is 1.83. The van der Waals surface area contributed by atoms with Crippen LogP contribution >= 0.6 is 0 Å². The van der Waals surface area contributed by atoms with Gasteiger partial charge in [0.25, 0.3) is 0 Å². The van der Waals surface area contributed by atoms with Crippen molar-refractivity contribution in [3.8, 4) is 0 Å². The van der Waals surface area contributed by atoms with Gasteiger partial charge in [0, 0.05) is 0 Å². The second-order valence-corrected chi connectivity index (χ2v) is 6.95. The molecule has 0 unspecified atom stereocenters. The summed E-state index contributed by atoms with van der Waals surface area (Å²) in [4.78, 5) is 20.6. The van der Waals surface area contributed by atoms with E-state index in [0.29, 0.717) is 22.1 Å². The number of aromatic amines is 2. The largest absolute Gasteiger partial charge is 0.439 e. The Bertz CT molecular complexity index is 1170. The number of sulfonamides is 1. The van der Waals surface area contributed by atoms with Crippen LogP contribution in [0.4, 0.5) is 0 Å². The van der Waals surface area contributed by atoms with Crippen LogP contribution in [-0.2, 0) is 16.6 Å². The number of imidazole rings is 1. The summed E-state index contributed by atoms with van der Waals surface area (Å²) in [6, 6.07) is 11.5. The predicted octanol–water partition coefficient (Wildman–Crippen LogP) is 1.48. The van der Waals surface area contributed by atoms with Crippen molar-refractivity contribution in [2.75, 3.05) is 0 Å². The zero-order valence-electron chi connectivity index (χ0n) is 12.2. The molecule has 2 aromatic carbocycles. The molecule has 3 N–H and O–H groups in total. The Balaban J connectivity index is 1.60. The zero-order valence-corrected chi connectivity index (χ0v) is 13.1. The van der Waals surface area contributed by atoms with Crippen molar-refractivity contribution in [1.29, 1.82) is 0 Å². The SMILES string of the molecule is O=c1[nH]c2ccc(S(=O)(=O)NCc3nc4ccccc4o3)cc2[nH]1. The van der Waals surface area contributed by atoms with Crippen molar-refractivity contribution in [1.82, 2.24) is 19.7 Å². The Labute approximate surface area is 135 Å². The molecule has 0 aliphatic heterocycles. The van der Waals surface area contributed by atoms with Crippen LogP contribution in [0.2, 0.25) is 0 Å². The topological polar surface area (TPSA) is 121 Å². The molecular formula is C15H12N4O4S. The highest BCUT2D eigenvalue weighted by Crippen LogP contribution is 2.17. The number of nitrogens with one attached hydrogen (secondary N) is 3. The minimum atomic E-state index is -3.76. The van der Waals surface area contributed by atoms with Crippen molar-refractivity contribution >= 4 is 32.2 Å². The van der Waals surface area contributed by atoms with Crippen LogP contribution in [0.1, 0.15) is 5.89 Å². The molecule has 4 rings (SSSR count). The maximum absolute atomic E-state index is 12.4. The van der Waals surface area contributed by atoms with Gasteiger partial charge in [0.1, 0.15) is 5.52 Å². The fourth-order valence-corrected chi connectivity index (χ4v) is 3.41. The summed E-state index contributed by atoms with van der Waals surface area (Å²) >= 11 is 0. The molecular weight excluding hydrogens is 332 g/mol. The van der Waals surface area contributed by atoms with E-state index in [2.05, 4.69) is 19.7 Å². The lowest BCUT2D eigenvalue weighted by molar-refractivity contribution is 0.513. The molecule has 0 aliphatic carbocycles. The normalized spacial score (nSPS) is 12.2. The molecule has 2 heterocycles. The van der Waals surface area contributed by atoms with E-state index < -0.39 is 10.0 Å². The van der Waals surface area contributed by atoms with Crippen LogP contribution in [0.5, 0.6) is 0 Å². The first-order valence-corrected chi connectivity index (χ1v) is 8.56. The first-order chi connectivity index (χ1) is 11.5. The third kappa shape index (κ3) is 2.59. The van der Waals surface area contributed by atoms with E-state index in [-0.39, 0.29) is 23.0 Å². The average molecular weight is 344 g/mol. The van der Waals surface area contributed by atoms with Gasteiger partial charge in [-0.2, -0.15) is 0 Å². The number of oxazole rings is 1. The summed E-state index contributed by atoms with van der Waals surface area (Å²) in [5.74, 6) is 0.274. The van der Waals surface area contributed by atoms with Crippen molar-refractivity contribution < 1.29 is 12.8 Å². The molecule has 0 saturated heterocycles. The molecule has 0 amide bonds. The molecule has 9 heteroatoms. The first kappa shape index (κ1) is 14.7. The summed E-state index contributed by atoms with van der Waals surface area (Å²) in [7, 11) is -3.76. The Morgan fingerprint density at radius 2 is 1.88 bits per heavy atom. The molecule has 2 aromatic heterocycles. The minimum absolute atomic E-state index is 0.0429. The maximum atomic E-state index is 12.4. The summed E-state index contributed by atoms with van der Waals surface area (Å²) < 4.78 is 32.7. The van der Waals surface area contributed by atoms with E-state index in [9.17, 15) is 13.2 Å². The Hall–Kier alpha value is -2.91. The molecule has 0 atom stereocenters. The number of hydrogen-bond acceptors (Lipinski definition) is 5. The van der Waals surface area contributed by atoms with Gasteiger partial charge in [0.2, 0.25) is 15.9 Å². The van der Waals surface area contributed by atoms with Crippen LogP contribution < -0.4 is 10.4 Å². The van der Waals surface area contributed by atoms with Gasteiger partial charge in [0.15, 0.2) is 5.58 Å². The van der Waals surface area contributed by atoms with E-state index in [1.165, 1.54) is 18.2 Å². The van der Waals surface area contributed by atoms with Gasteiger partial charge < -0.3 is 14.4 Å². The molecule has 0 bridgehead atoms. The van der Waals surface area contributed by atoms with Crippen molar-refractivity contribution in [2.45, 2.75) is 11.4 Å². The maximum Gasteiger partial charge on any atom is 0.323 e. The van der Waals surface area contributed by atoms with Crippen LogP contribution in [0.15, 0.2) is 56.6 Å². The highest BCUT2D eigenvalue weighted by molar-refractivity contribution is 7.89. The van der Waals surface area contributed by atoms with Gasteiger partial charge in [0.05, 0.1) is 22.5 Å². The summed E-state index contributed by atoms with van der Waals surface area (Å²) in [6.07, 6.45) is 0. The molecule has 0 radical (unpaired) electrons. The highest BCUT2D eigenvalue weighted by atomic mass is 32.2. The number of H-pyrrole nitrogens is 2. The van der Waals surface area contributed by atoms with Crippen LogP contribution in [-0.4, -0.2) is 23.4 Å². The van der Waals surface area contributed by atoms with Gasteiger partial charge in [-0.3, -0.25) is 0 Å². The molecule has 122 valence electrons. The highest BCUT2D eigenvalue weighted by Gasteiger charge is 2.16. The smallest absolute Gasteiger partial charge is 0.323 e. The Kier molecular flexibility index (Phi) is 3.25. The minimum Gasteiger partial charge on any atom is -0.439 e. The number of rotatable bonds is 4. The number of hydrogen-bond donors (Lipinski definition) is 3. The van der Waals surface area contributed by atoms with E-state index >= 15 is 0 Å². The predicted molar refractivity (Wildman–Crippen MR) is 87.0 cm³/mol. The van der Waals surface area contributed by atoms with Crippen molar-refractivity contribution in [2.24, 2.45) is 0 Å². The number of nitrogens with zero attached hydrogens (tertiary/aromatic N) is 1. The van der Waals surface area contributed by atoms with Crippen LogP contribution in [0, 0.1) is 0 Å². The van der Waals surface area contributed by atoms with Gasteiger partial charge >= 0.3 is 5.69 Å². The molecule has 0 spiro atoms. The molecule has 8 nitrogen and oxygen atoms in total. The molecule has 0 saturated carbocycles. The van der Waals surface area contributed by atoms with E-state index in [1.807, 2.05) is 12.1 Å². The monoisotopic (exact) mass is 344 g/mol. The third-order valence-corrected chi connectivity index (χ3v) is 4.95. The second kappa shape index (κ2) is 5.32. The fourth-order valence-electron chi connectivity index (χ4n) is 2.41. The number of benzene rings is 2.